The summed E-state index contributed by atoms with van der Waals surface area (Å²) < 4.78 is 54.6. The largest absolute Gasteiger partial charge is 0.490 e. The fraction of sp³-hybridized carbons (Fsp3) is 0.538. The zero-order valence-electron chi connectivity index (χ0n) is 10.7. The van der Waals surface area contributed by atoms with Gasteiger partial charge >= 0.3 is 6.18 Å². The van der Waals surface area contributed by atoms with Crippen LogP contribution in [0.25, 0.3) is 0 Å². The summed E-state index contributed by atoms with van der Waals surface area (Å²) in [6.45, 7) is 2.52. The summed E-state index contributed by atoms with van der Waals surface area (Å²) in [5.41, 5.74) is 0.524. The molecule has 0 saturated carbocycles. The standard InChI is InChI=1S/C13H17F4NO/c1-2-7-18-9-10-4-3-5-11(14)12(10)19-8-6-13(15,16)17/h3-5,18H,2,6-9H2,1H3. The Labute approximate surface area is 109 Å². The predicted octanol–water partition coefficient (Wildman–Crippen LogP) is 3.66. The molecule has 1 aromatic rings. The van der Waals surface area contributed by atoms with E-state index in [9.17, 15) is 17.6 Å². The van der Waals surface area contributed by atoms with Crippen LogP contribution in [0.15, 0.2) is 18.2 Å². The third-order valence-corrected chi connectivity index (χ3v) is 2.42. The molecular formula is C13H17F4NO. The van der Waals surface area contributed by atoms with E-state index in [0.717, 1.165) is 13.0 Å². The number of benzene rings is 1. The van der Waals surface area contributed by atoms with E-state index in [4.69, 9.17) is 4.74 Å². The first-order valence-electron chi connectivity index (χ1n) is 6.11. The summed E-state index contributed by atoms with van der Waals surface area (Å²) in [6.07, 6.45) is -4.48. The zero-order chi connectivity index (χ0) is 14.3. The lowest BCUT2D eigenvalue weighted by molar-refractivity contribution is -0.139. The normalized spacial score (nSPS) is 11.6. The van der Waals surface area contributed by atoms with Crippen LogP contribution in [-0.2, 0) is 6.54 Å². The Hall–Kier alpha value is -1.30. The van der Waals surface area contributed by atoms with E-state index in [1.165, 1.54) is 12.1 Å². The Morgan fingerprint density at radius 3 is 2.63 bits per heavy atom. The molecule has 0 radical (unpaired) electrons. The van der Waals surface area contributed by atoms with Gasteiger partial charge in [-0.3, -0.25) is 0 Å². The topological polar surface area (TPSA) is 21.3 Å². The van der Waals surface area contributed by atoms with Crippen molar-refractivity contribution in [2.24, 2.45) is 0 Å². The average molecular weight is 279 g/mol. The Morgan fingerprint density at radius 2 is 2.00 bits per heavy atom. The van der Waals surface area contributed by atoms with Crippen molar-refractivity contribution in [2.45, 2.75) is 32.5 Å². The zero-order valence-corrected chi connectivity index (χ0v) is 10.7. The van der Waals surface area contributed by atoms with Gasteiger partial charge in [-0.15, -0.1) is 0 Å². The minimum absolute atomic E-state index is 0.102. The second-order valence-corrected chi connectivity index (χ2v) is 4.12. The van der Waals surface area contributed by atoms with E-state index >= 15 is 0 Å². The van der Waals surface area contributed by atoms with Crippen LogP contribution < -0.4 is 10.1 Å². The highest BCUT2D eigenvalue weighted by atomic mass is 19.4. The molecule has 1 rings (SSSR count). The number of nitrogens with one attached hydrogen (secondary N) is 1. The summed E-state index contributed by atoms with van der Waals surface area (Å²) in [5, 5.41) is 3.06. The van der Waals surface area contributed by atoms with E-state index in [0.29, 0.717) is 12.1 Å². The summed E-state index contributed by atoms with van der Waals surface area (Å²) in [5.74, 6) is -0.742. The van der Waals surface area contributed by atoms with Crippen molar-refractivity contribution in [3.8, 4) is 5.75 Å². The summed E-state index contributed by atoms with van der Waals surface area (Å²) in [4.78, 5) is 0. The maximum absolute atomic E-state index is 13.5. The molecule has 0 unspecified atom stereocenters. The number of para-hydroxylation sites is 1. The van der Waals surface area contributed by atoms with Gasteiger partial charge in [-0.25, -0.2) is 4.39 Å². The highest BCUT2D eigenvalue weighted by molar-refractivity contribution is 5.34. The average Bonchev–Trinajstić information content (AvgIpc) is 2.31. The lowest BCUT2D eigenvalue weighted by atomic mass is 10.2. The van der Waals surface area contributed by atoms with E-state index in [-0.39, 0.29) is 5.75 Å². The van der Waals surface area contributed by atoms with Crippen LogP contribution in [0.4, 0.5) is 17.6 Å². The minimum Gasteiger partial charge on any atom is -0.490 e. The molecule has 0 saturated heterocycles. The van der Waals surface area contributed by atoms with Gasteiger partial charge in [0.25, 0.3) is 0 Å². The van der Waals surface area contributed by atoms with Crippen molar-refractivity contribution in [3.05, 3.63) is 29.6 Å². The lowest BCUT2D eigenvalue weighted by Gasteiger charge is -2.13. The minimum atomic E-state index is -4.30. The molecule has 0 aliphatic heterocycles. The number of rotatable bonds is 7. The molecule has 6 heteroatoms. The smallest absolute Gasteiger partial charge is 0.392 e. The van der Waals surface area contributed by atoms with Crippen LogP contribution in [-0.4, -0.2) is 19.3 Å². The number of hydrogen-bond donors (Lipinski definition) is 1. The quantitative estimate of drug-likeness (QED) is 0.607. The molecule has 0 fully saturated rings. The van der Waals surface area contributed by atoms with Gasteiger partial charge in [0.2, 0.25) is 0 Å². The maximum atomic E-state index is 13.5. The van der Waals surface area contributed by atoms with Crippen molar-refractivity contribution in [3.63, 3.8) is 0 Å². The van der Waals surface area contributed by atoms with E-state index in [1.54, 1.807) is 6.07 Å². The van der Waals surface area contributed by atoms with Gasteiger partial charge in [-0.2, -0.15) is 13.2 Å². The predicted molar refractivity (Wildman–Crippen MR) is 64.6 cm³/mol. The first kappa shape index (κ1) is 15.8. The molecule has 19 heavy (non-hydrogen) atoms. The van der Waals surface area contributed by atoms with E-state index < -0.39 is 25.0 Å². The molecule has 0 amide bonds. The van der Waals surface area contributed by atoms with Gasteiger partial charge in [0.05, 0.1) is 13.0 Å². The summed E-state index contributed by atoms with van der Waals surface area (Å²) in [6, 6.07) is 4.32. The highest BCUT2D eigenvalue weighted by Gasteiger charge is 2.27. The van der Waals surface area contributed by atoms with Gasteiger partial charge in [0.15, 0.2) is 11.6 Å². The first-order valence-corrected chi connectivity index (χ1v) is 6.11. The molecule has 108 valence electrons. The van der Waals surface area contributed by atoms with Gasteiger partial charge in [0, 0.05) is 12.1 Å². The number of hydrogen-bond acceptors (Lipinski definition) is 2. The molecule has 0 spiro atoms. The van der Waals surface area contributed by atoms with E-state index in [1.807, 2.05) is 6.92 Å². The molecule has 0 bridgehead atoms. The molecule has 0 aliphatic rings. The molecule has 1 N–H and O–H groups in total. The van der Waals surface area contributed by atoms with Gasteiger partial charge in [-0.1, -0.05) is 19.1 Å². The highest BCUT2D eigenvalue weighted by Crippen LogP contribution is 2.25. The third kappa shape index (κ3) is 5.92. The van der Waals surface area contributed by atoms with Crippen molar-refractivity contribution in [2.75, 3.05) is 13.2 Å². The van der Waals surface area contributed by atoms with Gasteiger partial charge in [0.1, 0.15) is 0 Å². The van der Waals surface area contributed by atoms with Crippen LogP contribution >= 0.6 is 0 Å². The molecule has 2 nitrogen and oxygen atoms in total. The van der Waals surface area contributed by atoms with Crippen LogP contribution in [0, 0.1) is 5.82 Å². The molecule has 0 aromatic heterocycles. The van der Waals surface area contributed by atoms with Crippen LogP contribution in [0.5, 0.6) is 5.75 Å². The molecule has 1 aromatic carbocycles. The third-order valence-electron chi connectivity index (χ3n) is 2.42. The lowest BCUT2D eigenvalue weighted by Crippen LogP contribution is -2.17. The second kappa shape index (κ2) is 7.33. The van der Waals surface area contributed by atoms with Crippen LogP contribution in [0.1, 0.15) is 25.3 Å². The van der Waals surface area contributed by atoms with Crippen molar-refractivity contribution in [1.29, 1.82) is 0 Å². The van der Waals surface area contributed by atoms with Crippen molar-refractivity contribution < 1.29 is 22.3 Å². The molecule has 0 atom stereocenters. The van der Waals surface area contributed by atoms with Crippen molar-refractivity contribution in [1.82, 2.24) is 5.32 Å². The molecule has 0 aliphatic carbocycles. The summed E-state index contributed by atoms with van der Waals surface area (Å²) in [7, 11) is 0. The second-order valence-electron chi connectivity index (χ2n) is 4.12. The number of halogens is 4. The fourth-order valence-electron chi connectivity index (χ4n) is 1.52. The van der Waals surface area contributed by atoms with Gasteiger partial charge < -0.3 is 10.1 Å². The number of ether oxygens (including phenoxy) is 1. The Bertz CT molecular complexity index is 393. The Morgan fingerprint density at radius 1 is 1.26 bits per heavy atom. The fourth-order valence-corrected chi connectivity index (χ4v) is 1.52. The van der Waals surface area contributed by atoms with E-state index in [2.05, 4.69) is 5.32 Å². The van der Waals surface area contributed by atoms with Crippen molar-refractivity contribution >= 4 is 0 Å². The molecular weight excluding hydrogens is 262 g/mol. The number of alkyl halides is 3. The van der Waals surface area contributed by atoms with Crippen LogP contribution in [0.2, 0.25) is 0 Å². The van der Waals surface area contributed by atoms with Gasteiger partial charge in [-0.05, 0) is 19.0 Å². The Balaban J connectivity index is 2.63. The van der Waals surface area contributed by atoms with Crippen LogP contribution in [0.3, 0.4) is 0 Å². The summed E-state index contributed by atoms with van der Waals surface area (Å²) >= 11 is 0. The molecule has 0 heterocycles. The SMILES string of the molecule is CCCNCc1cccc(F)c1OCCC(F)(F)F. The Kier molecular flexibility index (Phi) is 6.08. The monoisotopic (exact) mass is 279 g/mol. The maximum Gasteiger partial charge on any atom is 0.392 e. The first-order chi connectivity index (χ1) is 8.94.